The molecule has 2 aliphatic heterocycles. The summed E-state index contributed by atoms with van der Waals surface area (Å²) in [7, 11) is 1.62. The van der Waals surface area contributed by atoms with Crippen LogP contribution in [-0.2, 0) is 4.79 Å². The van der Waals surface area contributed by atoms with Gasteiger partial charge in [0.15, 0.2) is 0 Å². The second-order valence-corrected chi connectivity index (χ2v) is 7.22. The van der Waals surface area contributed by atoms with Gasteiger partial charge in [0.1, 0.15) is 11.5 Å². The van der Waals surface area contributed by atoms with Gasteiger partial charge in [-0.25, -0.2) is 0 Å². The van der Waals surface area contributed by atoms with E-state index in [4.69, 9.17) is 9.15 Å². The minimum absolute atomic E-state index is 0.0107. The number of methoxy groups -OCH3 is 1. The molecule has 3 heterocycles. The van der Waals surface area contributed by atoms with Crippen molar-refractivity contribution in [2.75, 3.05) is 31.6 Å². The molecule has 2 amide bonds. The molecule has 6 nitrogen and oxygen atoms in total. The van der Waals surface area contributed by atoms with E-state index < -0.39 is 0 Å². The summed E-state index contributed by atoms with van der Waals surface area (Å²) in [6, 6.07) is 9.25. The highest BCUT2D eigenvalue weighted by molar-refractivity contribution is 5.98. The number of benzene rings is 1. The second-order valence-electron chi connectivity index (χ2n) is 7.22. The SMILES string of the molecule is COc1ccc(N2C[C@]3(CCN(C(=O)c4ccoc4C)C3)CC2=O)cc1. The lowest BCUT2D eigenvalue weighted by Gasteiger charge is -2.24. The summed E-state index contributed by atoms with van der Waals surface area (Å²) in [4.78, 5) is 29.0. The molecule has 0 unspecified atom stereocenters. The number of hydrogen-bond acceptors (Lipinski definition) is 4. The van der Waals surface area contributed by atoms with Gasteiger partial charge in [0, 0.05) is 37.2 Å². The minimum atomic E-state index is -0.162. The van der Waals surface area contributed by atoms with E-state index in [-0.39, 0.29) is 17.2 Å². The van der Waals surface area contributed by atoms with Crippen LogP contribution in [0.1, 0.15) is 29.0 Å². The summed E-state index contributed by atoms with van der Waals surface area (Å²) in [5.74, 6) is 1.51. The molecule has 2 fully saturated rings. The van der Waals surface area contributed by atoms with Crippen molar-refractivity contribution in [1.29, 1.82) is 0 Å². The fourth-order valence-electron chi connectivity index (χ4n) is 4.05. The number of ether oxygens (including phenoxy) is 1. The van der Waals surface area contributed by atoms with Crippen LogP contribution in [0.15, 0.2) is 41.0 Å². The van der Waals surface area contributed by atoms with Gasteiger partial charge >= 0.3 is 0 Å². The maximum atomic E-state index is 12.7. The number of carbonyl (C=O) groups is 2. The van der Waals surface area contributed by atoms with Gasteiger partial charge in [0.2, 0.25) is 5.91 Å². The molecule has 0 N–H and O–H groups in total. The van der Waals surface area contributed by atoms with Gasteiger partial charge < -0.3 is 19.0 Å². The van der Waals surface area contributed by atoms with Crippen LogP contribution in [0.2, 0.25) is 0 Å². The van der Waals surface area contributed by atoms with E-state index in [9.17, 15) is 9.59 Å². The zero-order valence-corrected chi connectivity index (χ0v) is 15.0. The molecule has 136 valence electrons. The Morgan fingerprint density at radius 3 is 2.62 bits per heavy atom. The fraction of sp³-hybridized carbons (Fsp3) is 0.400. The summed E-state index contributed by atoms with van der Waals surface area (Å²) >= 11 is 0. The van der Waals surface area contributed by atoms with Crippen molar-refractivity contribution >= 4 is 17.5 Å². The highest BCUT2D eigenvalue weighted by Crippen LogP contribution is 2.42. The zero-order valence-electron chi connectivity index (χ0n) is 15.0. The molecule has 1 aromatic carbocycles. The third-order valence-corrected chi connectivity index (χ3v) is 5.52. The topological polar surface area (TPSA) is 63.0 Å². The molecule has 26 heavy (non-hydrogen) atoms. The Bertz CT molecular complexity index is 842. The number of nitrogens with zero attached hydrogens (tertiary/aromatic N) is 2. The van der Waals surface area contributed by atoms with Crippen LogP contribution in [0.3, 0.4) is 0 Å². The highest BCUT2D eigenvalue weighted by atomic mass is 16.5. The Hall–Kier alpha value is -2.76. The second kappa shape index (κ2) is 6.20. The van der Waals surface area contributed by atoms with E-state index in [0.717, 1.165) is 17.9 Å². The van der Waals surface area contributed by atoms with Crippen molar-refractivity contribution in [3.63, 3.8) is 0 Å². The fourth-order valence-corrected chi connectivity index (χ4v) is 4.05. The van der Waals surface area contributed by atoms with E-state index in [1.165, 1.54) is 0 Å². The molecule has 1 spiro atoms. The van der Waals surface area contributed by atoms with Gasteiger partial charge in [0.25, 0.3) is 5.91 Å². The molecular weight excluding hydrogens is 332 g/mol. The van der Waals surface area contributed by atoms with E-state index in [1.54, 1.807) is 26.4 Å². The average molecular weight is 354 g/mol. The first-order chi connectivity index (χ1) is 12.5. The normalized spacial score (nSPS) is 22.5. The number of rotatable bonds is 3. The number of amides is 2. The number of carbonyl (C=O) groups excluding carboxylic acids is 2. The third kappa shape index (κ3) is 2.75. The van der Waals surface area contributed by atoms with Crippen molar-refractivity contribution in [3.05, 3.63) is 47.9 Å². The van der Waals surface area contributed by atoms with E-state index in [2.05, 4.69) is 0 Å². The predicted molar refractivity (Wildman–Crippen MR) is 96.4 cm³/mol. The lowest BCUT2D eigenvalue weighted by Crippen LogP contribution is -2.34. The monoisotopic (exact) mass is 354 g/mol. The van der Waals surface area contributed by atoms with Crippen LogP contribution >= 0.6 is 0 Å². The van der Waals surface area contributed by atoms with Crippen LogP contribution in [0.25, 0.3) is 0 Å². The molecule has 1 aromatic heterocycles. The summed E-state index contributed by atoms with van der Waals surface area (Å²) in [5, 5.41) is 0. The standard InChI is InChI=1S/C20H22N2O4/c1-14-17(7-10-26-14)19(24)21-9-8-20(12-21)11-18(23)22(13-20)15-3-5-16(25-2)6-4-15/h3-7,10H,8-9,11-13H2,1-2H3/t20-/m1/s1. The van der Waals surface area contributed by atoms with Gasteiger partial charge in [-0.2, -0.15) is 0 Å². The first kappa shape index (κ1) is 16.7. The first-order valence-electron chi connectivity index (χ1n) is 8.79. The lowest BCUT2D eigenvalue weighted by molar-refractivity contribution is -0.117. The van der Waals surface area contributed by atoms with Crippen LogP contribution in [0, 0.1) is 12.3 Å². The zero-order chi connectivity index (χ0) is 18.3. The molecule has 4 rings (SSSR count). The van der Waals surface area contributed by atoms with Crippen molar-refractivity contribution in [2.24, 2.45) is 5.41 Å². The Morgan fingerprint density at radius 2 is 1.96 bits per heavy atom. The van der Waals surface area contributed by atoms with Gasteiger partial charge in [0.05, 0.1) is 18.9 Å². The van der Waals surface area contributed by atoms with Gasteiger partial charge in [-0.15, -0.1) is 0 Å². The lowest BCUT2D eigenvalue weighted by atomic mass is 9.86. The first-order valence-corrected chi connectivity index (χ1v) is 8.79. The molecule has 0 aliphatic carbocycles. The van der Waals surface area contributed by atoms with Gasteiger partial charge in [-0.1, -0.05) is 0 Å². The minimum Gasteiger partial charge on any atom is -0.497 e. The number of furan rings is 1. The molecule has 0 radical (unpaired) electrons. The molecule has 6 heteroatoms. The molecule has 2 aromatic rings. The average Bonchev–Trinajstić information content (AvgIpc) is 3.34. The van der Waals surface area contributed by atoms with E-state index in [1.807, 2.05) is 34.1 Å². The highest BCUT2D eigenvalue weighted by Gasteiger charge is 2.49. The molecule has 2 saturated heterocycles. The number of likely N-dealkylation sites (tertiary alicyclic amines) is 1. The Morgan fingerprint density at radius 1 is 1.19 bits per heavy atom. The maximum Gasteiger partial charge on any atom is 0.257 e. The predicted octanol–water partition coefficient (Wildman–Crippen LogP) is 2.87. The Labute approximate surface area is 152 Å². The van der Waals surface area contributed by atoms with E-state index in [0.29, 0.717) is 37.4 Å². The number of aryl methyl sites for hydroxylation is 1. The smallest absolute Gasteiger partial charge is 0.257 e. The van der Waals surface area contributed by atoms with Crippen LogP contribution < -0.4 is 9.64 Å². The Kier molecular flexibility index (Phi) is 3.98. The Balaban J connectivity index is 1.49. The van der Waals surface area contributed by atoms with Crippen molar-refractivity contribution in [1.82, 2.24) is 4.90 Å². The summed E-state index contributed by atoms with van der Waals surface area (Å²) in [5.41, 5.74) is 1.33. The molecule has 0 bridgehead atoms. The van der Waals surface area contributed by atoms with Crippen LogP contribution in [-0.4, -0.2) is 43.5 Å². The van der Waals surface area contributed by atoms with Gasteiger partial charge in [-0.05, 0) is 43.7 Å². The van der Waals surface area contributed by atoms with Crippen LogP contribution in [0.4, 0.5) is 5.69 Å². The number of anilines is 1. The van der Waals surface area contributed by atoms with Crippen molar-refractivity contribution in [2.45, 2.75) is 19.8 Å². The third-order valence-electron chi connectivity index (χ3n) is 5.52. The molecule has 2 aliphatic rings. The van der Waals surface area contributed by atoms with Crippen molar-refractivity contribution < 1.29 is 18.7 Å². The molecule has 0 saturated carbocycles. The van der Waals surface area contributed by atoms with Gasteiger partial charge in [-0.3, -0.25) is 9.59 Å². The van der Waals surface area contributed by atoms with Crippen molar-refractivity contribution in [3.8, 4) is 5.75 Å². The largest absolute Gasteiger partial charge is 0.497 e. The summed E-state index contributed by atoms with van der Waals surface area (Å²) in [6.07, 6.45) is 2.86. The maximum absolute atomic E-state index is 12.7. The van der Waals surface area contributed by atoms with Crippen LogP contribution in [0.5, 0.6) is 5.75 Å². The molecule has 1 atom stereocenters. The van der Waals surface area contributed by atoms with E-state index >= 15 is 0 Å². The quantitative estimate of drug-likeness (QED) is 0.850. The summed E-state index contributed by atoms with van der Waals surface area (Å²) < 4.78 is 10.4. The molecular formula is C20H22N2O4. The number of hydrogen-bond donors (Lipinski definition) is 0. The summed E-state index contributed by atoms with van der Waals surface area (Å²) in [6.45, 7) is 3.72.